The molecule has 1 atom stereocenters. The molecule has 1 aromatic carbocycles. The minimum Gasteiger partial charge on any atom is -0.390 e. The molecule has 0 saturated carbocycles. The number of hydrogen-bond donors (Lipinski definition) is 1. The summed E-state index contributed by atoms with van der Waals surface area (Å²) in [6.07, 6.45) is -0.426. The molecule has 0 bridgehead atoms. The highest BCUT2D eigenvalue weighted by molar-refractivity contribution is 5.16. The van der Waals surface area contributed by atoms with E-state index in [9.17, 15) is 9.50 Å². The molecule has 0 radical (unpaired) electrons. The molecule has 0 spiro atoms. The van der Waals surface area contributed by atoms with Gasteiger partial charge < -0.3 is 9.84 Å². The fraction of sp³-hybridized carbons (Fsp3) is 0.600. The Morgan fingerprint density at radius 3 is 2.75 bits per heavy atom. The molecule has 4 nitrogen and oxygen atoms in total. The Balaban J connectivity index is 1.75. The zero-order valence-corrected chi connectivity index (χ0v) is 12.0. The van der Waals surface area contributed by atoms with Crippen molar-refractivity contribution in [3.8, 4) is 0 Å². The van der Waals surface area contributed by atoms with Crippen LogP contribution in [0.25, 0.3) is 0 Å². The summed E-state index contributed by atoms with van der Waals surface area (Å²) in [5.41, 5.74) is 0.661. The van der Waals surface area contributed by atoms with E-state index >= 15 is 0 Å². The van der Waals surface area contributed by atoms with Gasteiger partial charge in [-0.15, -0.1) is 0 Å². The molecule has 1 aliphatic heterocycles. The third-order valence-corrected chi connectivity index (χ3v) is 3.49. The van der Waals surface area contributed by atoms with Crippen LogP contribution in [0.4, 0.5) is 4.39 Å². The SMILES string of the molecule is CN(Cc1ccccc1F)CC(O)CN1CCOCC1. The number of aliphatic hydroxyl groups is 1. The molecule has 20 heavy (non-hydrogen) atoms. The molecular weight excluding hydrogens is 259 g/mol. The van der Waals surface area contributed by atoms with E-state index in [1.54, 1.807) is 12.1 Å². The van der Waals surface area contributed by atoms with Gasteiger partial charge in [-0.1, -0.05) is 18.2 Å². The van der Waals surface area contributed by atoms with Crippen molar-refractivity contribution in [2.45, 2.75) is 12.6 Å². The molecule has 1 N–H and O–H groups in total. The van der Waals surface area contributed by atoms with E-state index in [1.807, 2.05) is 18.0 Å². The average molecular weight is 282 g/mol. The minimum absolute atomic E-state index is 0.193. The van der Waals surface area contributed by atoms with Crippen molar-refractivity contribution in [3.05, 3.63) is 35.6 Å². The Kier molecular flexibility index (Phi) is 5.91. The van der Waals surface area contributed by atoms with Gasteiger partial charge in [0.15, 0.2) is 0 Å². The Morgan fingerprint density at radius 1 is 1.35 bits per heavy atom. The third kappa shape index (κ3) is 4.83. The fourth-order valence-corrected chi connectivity index (χ4v) is 2.48. The Bertz CT molecular complexity index is 411. The molecule has 5 heteroatoms. The van der Waals surface area contributed by atoms with Gasteiger partial charge in [0.05, 0.1) is 19.3 Å². The van der Waals surface area contributed by atoms with Crippen molar-refractivity contribution in [1.82, 2.24) is 9.80 Å². The smallest absolute Gasteiger partial charge is 0.127 e. The van der Waals surface area contributed by atoms with E-state index < -0.39 is 6.10 Å². The van der Waals surface area contributed by atoms with Crippen LogP contribution in [0.3, 0.4) is 0 Å². The lowest BCUT2D eigenvalue weighted by Crippen LogP contribution is -2.44. The number of aliphatic hydroxyl groups excluding tert-OH is 1. The molecule has 0 aliphatic carbocycles. The van der Waals surface area contributed by atoms with Crippen LogP contribution in [0.2, 0.25) is 0 Å². The lowest BCUT2D eigenvalue weighted by Gasteiger charge is -2.30. The normalized spacial score (nSPS) is 18.4. The van der Waals surface area contributed by atoms with Gasteiger partial charge in [0.25, 0.3) is 0 Å². The Labute approximate surface area is 119 Å². The van der Waals surface area contributed by atoms with Crippen molar-refractivity contribution >= 4 is 0 Å². The van der Waals surface area contributed by atoms with Gasteiger partial charge in [0, 0.05) is 38.3 Å². The van der Waals surface area contributed by atoms with E-state index in [-0.39, 0.29) is 5.82 Å². The largest absolute Gasteiger partial charge is 0.390 e. The number of rotatable bonds is 6. The summed E-state index contributed by atoms with van der Waals surface area (Å²) >= 11 is 0. The average Bonchev–Trinajstić information content (AvgIpc) is 2.42. The first-order valence-corrected chi connectivity index (χ1v) is 7.05. The maximum absolute atomic E-state index is 13.5. The van der Waals surface area contributed by atoms with Crippen LogP contribution in [0, 0.1) is 5.82 Å². The van der Waals surface area contributed by atoms with Crippen LogP contribution in [0.1, 0.15) is 5.56 Å². The van der Waals surface area contributed by atoms with Gasteiger partial charge in [-0.2, -0.15) is 0 Å². The van der Waals surface area contributed by atoms with Gasteiger partial charge in [0.1, 0.15) is 5.82 Å². The summed E-state index contributed by atoms with van der Waals surface area (Å²) in [6.45, 7) is 4.89. The highest BCUT2D eigenvalue weighted by atomic mass is 19.1. The standard InChI is InChI=1S/C15H23FN2O2/c1-17(10-13-4-2-3-5-15(13)16)11-14(19)12-18-6-8-20-9-7-18/h2-5,14,19H,6-12H2,1H3. The summed E-state index contributed by atoms with van der Waals surface area (Å²) in [5, 5.41) is 10.1. The number of nitrogens with zero attached hydrogens (tertiary/aromatic N) is 2. The zero-order chi connectivity index (χ0) is 14.4. The second-order valence-electron chi connectivity index (χ2n) is 5.35. The van der Waals surface area contributed by atoms with Crippen molar-refractivity contribution < 1.29 is 14.2 Å². The molecular formula is C15H23FN2O2. The number of likely N-dealkylation sites (N-methyl/N-ethyl adjacent to an activating group) is 1. The Hall–Kier alpha value is -1.01. The first-order chi connectivity index (χ1) is 9.65. The summed E-state index contributed by atoms with van der Waals surface area (Å²) in [7, 11) is 1.90. The number of hydrogen-bond acceptors (Lipinski definition) is 4. The summed E-state index contributed by atoms with van der Waals surface area (Å²) in [5.74, 6) is -0.193. The molecule has 1 saturated heterocycles. The molecule has 1 unspecified atom stereocenters. The summed E-state index contributed by atoms with van der Waals surface area (Å²) < 4.78 is 18.8. The number of ether oxygens (including phenoxy) is 1. The number of β-amino-alcohol motifs (C(OH)–C–C–N with tert-alkyl or cyclic N) is 1. The third-order valence-electron chi connectivity index (χ3n) is 3.49. The highest BCUT2D eigenvalue weighted by Gasteiger charge is 2.16. The van der Waals surface area contributed by atoms with Crippen LogP contribution in [0.15, 0.2) is 24.3 Å². The lowest BCUT2D eigenvalue weighted by atomic mass is 10.2. The Morgan fingerprint density at radius 2 is 2.05 bits per heavy atom. The maximum Gasteiger partial charge on any atom is 0.127 e. The van der Waals surface area contributed by atoms with Gasteiger partial charge in [0.2, 0.25) is 0 Å². The summed E-state index contributed by atoms with van der Waals surface area (Å²) in [4.78, 5) is 4.15. The number of halogens is 1. The van der Waals surface area contributed by atoms with E-state index in [0.29, 0.717) is 25.2 Å². The van der Waals surface area contributed by atoms with Crippen molar-refractivity contribution in [2.75, 3.05) is 46.4 Å². The van der Waals surface area contributed by atoms with Crippen LogP contribution in [0.5, 0.6) is 0 Å². The quantitative estimate of drug-likeness (QED) is 0.843. The van der Waals surface area contributed by atoms with E-state index in [1.165, 1.54) is 6.07 Å². The highest BCUT2D eigenvalue weighted by Crippen LogP contribution is 2.09. The van der Waals surface area contributed by atoms with Crippen molar-refractivity contribution in [1.29, 1.82) is 0 Å². The monoisotopic (exact) mass is 282 g/mol. The number of morpholine rings is 1. The van der Waals surface area contributed by atoms with E-state index in [0.717, 1.165) is 26.3 Å². The molecule has 112 valence electrons. The van der Waals surface area contributed by atoms with Crippen LogP contribution < -0.4 is 0 Å². The lowest BCUT2D eigenvalue weighted by molar-refractivity contribution is 0.00819. The molecule has 2 rings (SSSR count). The first kappa shape index (κ1) is 15.4. The minimum atomic E-state index is -0.426. The second kappa shape index (κ2) is 7.69. The number of benzene rings is 1. The fourth-order valence-electron chi connectivity index (χ4n) is 2.48. The van der Waals surface area contributed by atoms with Crippen LogP contribution in [-0.4, -0.2) is 67.5 Å². The molecule has 1 aliphatic rings. The van der Waals surface area contributed by atoms with Gasteiger partial charge in [-0.3, -0.25) is 9.80 Å². The van der Waals surface area contributed by atoms with E-state index in [2.05, 4.69) is 4.90 Å². The molecule has 0 amide bonds. The zero-order valence-electron chi connectivity index (χ0n) is 12.0. The van der Waals surface area contributed by atoms with Crippen molar-refractivity contribution in [2.24, 2.45) is 0 Å². The van der Waals surface area contributed by atoms with Crippen molar-refractivity contribution in [3.63, 3.8) is 0 Å². The maximum atomic E-state index is 13.5. The topological polar surface area (TPSA) is 35.9 Å². The summed E-state index contributed by atoms with van der Waals surface area (Å²) in [6, 6.07) is 6.76. The molecule has 1 aromatic rings. The first-order valence-electron chi connectivity index (χ1n) is 7.05. The van der Waals surface area contributed by atoms with Gasteiger partial charge in [-0.05, 0) is 13.1 Å². The molecule has 0 aromatic heterocycles. The molecule has 1 fully saturated rings. The van der Waals surface area contributed by atoms with Crippen LogP contribution in [-0.2, 0) is 11.3 Å². The van der Waals surface area contributed by atoms with Crippen LogP contribution >= 0.6 is 0 Å². The van der Waals surface area contributed by atoms with Gasteiger partial charge in [-0.25, -0.2) is 4.39 Å². The van der Waals surface area contributed by atoms with E-state index in [4.69, 9.17) is 4.74 Å². The predicted octanol–water partition coefficient (Wildman–Crippen LogP) is 0.951. The second-order valence-corrected chi connectivity index (χ2v) is 5.35. The van der Waals surface area contributed by atoms with Gasteiger partial charge >= 0.3 is 0 Å². The predicted molar refractivity (Wildman–Crippen MR) is 76.0 cm³/mol. The molecule has 1 heterocycles.